The van der Waals surface area contributed by atoms with Crippen LogP contribution in [0.15, 0.2) is 28.8 Å². The Hall–Kier alpha value is -2.70. The van der Waals surface area contributed by atoms with Crippen LogP contribution in [0.1, 0.15) is 50.0 Å². The molecule has 4 rings (SSSR count). The molecule has 1 N–H and O–H groups in total. The Morgan fingerprint density at radius 2 is 1.96 bits per heavy atom. The Kier molecular flexibility index (Phi) is 4.68. The lowest BCUT2D eigenvalue weighted by molar-refractivity contribution is -0.153. The van der Waals surface area contributed by atoms with E-state index in [4.69, 9.17) is 9.26 Å². The van der Waals surface area contributed by atoms with E-state index in [0.29, 0.717) is 18.3 Å². The van der Waals surface area contributed by atoms with Crippen LogP contribution in [0, 0.1) is 12.8 Å². The van der Waals surface area contributed by atoms with Gasteiger partial charge in [-0.1, -0.05) is 35.8 Å². The molecule has 142 valence electrons. The van der Waals surface area contributed by atoms with Gasteiger partial charge in [0.1, 0.15) is 5.60 Å². The molecule has 2 fully saturated rings. The first-order valence-electron chi connectivity index (χ1n) is 9.45. The van der Waals surface area contributed by atoms with Gasteiger partial charge in [-0.15, -0.1) is 0 Å². The first kappa shape index (κ1) is 17.7. The zero-order chi connectivity index (χ0) is 18.9. The average molecular weight is 369 g/mol. The standard InChI is InChI=1S/C20H23N3O4/c1-13-22-18(23-27-13)15-7-5-14(6-8-15)12-21-19(25)16-11-17(24)26-20(16)9-3-2-4-10-20/h5-8,16H,2-4,9-12H2,1H3,(H,21,25). The Balaban J connectivity index is 1.39. The number of hydrogen-bond donors (Lipinski definition) is 1. The molecule has 0 bridgehead atoms. The van der Waals surface area contributed by atoms with Crippen LogP contribution >= 0.6 is 0 Å². The molecule has 7 heteroatoms. The monoisotopic (exact) mass is 369 g/mol. The second-order valence-electron chi connectivity index (χ2n) is 7.41. The van der Waals surface area contributed by atoms with Gasteiger partial charge < -0.3 is 14.6 Å². The van der Waals surface area contributed by atoms with Crippen LogP contribution in [0.25, 0.3) is 11.4 Å². The molecule has 1 saturated carbocycles. The van der Waals surface area contributed by atoms with Gasteiger partial charge in [0, 0.05) is 19.0 Å². The van der Waals surface area contributed by atoms with E-state index in [1.807, 2.05) is 24.3 Å². The zero-order valence-electron chi connectivity index (χ0n) is 15.4. The molecule has 7 nitrogen and oxygen atoms in total. The van der Waals surface area contributed by atoms with E-state index < -0.39 is 5.60 Å². The summed E-state index contributed by atoms with van der Waals surface area (Å²) >= 11 is 0. The van der Waals surface area contributed by atoms with Gasteiger partial charge in [-0.2, -0.15) is 4.98 Å². The quantitative estimate of drug-likeness (QED) is 0.833. The number of benzene rings is 1. The highest BCUT2D eigenvalue weighted by Crippen LogP contribution is 2.44. The Morgan fingerprint density at radius 1 is 1.22 bits per heavy atom. The van der Waals surface area contributed by atoms with Gasteiger partial charge in [-0.05, 0) is 31.2 Å². The molecule has 1 unspecified atom stereocenters. The molecule has 2 aliphatic rings. The summed E-state index contributed by atoms with van der Waals surface area (Å²) in [6.45, 7) is 2.15. The minimum absolute atomic E-state index is 0.0966. The molecule has 1 aromatic carbocycles. The van der Waals surface area contributed by atoms with Crippen molar-refractivity contribution in [2.45, 2.75) is 57.6 Å². The number of nitrogens with zero attached hydrogens (tertiary/aromatic N) is 2. The van der Waals surface area contributed by atoms with E-state index in [-0.39, 0.29) is 24.2 Å². The number of amides is 1. The zero-order valence-corrected chi connectivity index (χ0v) is 15.4. The van der Waals surface area contributed by atoms with Crippen molar-refractivity contribution in [3.05, 3.63) is 35.7 Å². The van der Waals surface area contributed by atoms with Gasteiger partial charge in [0.25, 0.3) is 0 Å². The molecule has 2 heterocycles. The fourth-order valence-electron chi connectivity index (χ4n) is 4.13. The average Bonchev–Trinajstić information content (AvgIpc) is 3.24. The van der Waals surface area contributed by atoms with Crippen molar-refractivity contribution >= 4 is 11.9 Å². The second kappa shape index (κ2) is 7.13. The first-order valence-corrected chi connectivity index (χ1v) is 9.45. The van der Waals surface area contributed by atoms with Crippen molar-refractivity contribution in [3.63, 3.8) is 0 Å². The summed E-state index contributed by atoms with van der Waals surface area (Å²) in [5, 5.41) is 6.87. The van der Waals surface area contributed by atoms with Crippen molar-refractivity contribution in [2.75, 3.05) is 0 Å². The SMILES string of the molecule is Cc1nc(-c2ccc(CNC(=O)C3CC(=O)OC34CCCCC4)cc2)no1. The van der Waals surface area contributed by atoms with Crippen LogP contribution in [-0.4, -0.2) is 27.6 Å². The number of esters is 1. The summed E-state index contributed by atoms with van der Waals surface area (Å²) in [5.41, 5.74) is 1.24. The Morgan fingerprint density at radius 3 is 2.63 bits per heavy atom. The predicted octanol–water partition coefficient (Wildman–Crippen LogP) is 2.93. The van der Waals surface area contributed by atoms with Gasteiger partial charge in [-0.3, -0.25) is 9.59 Å². The molecule has 1 aliphatic carbocycles. The maximum atomic E-state index is 12.8. The molecule has 2 aromatic rings. The maximum Gasteiger partial charge on any atom is 0.307 e. The summed E-state index contributed by atoms with van der Waals surface area (Å²) in [6, 6.07) is 7.65. The highest BCUT2D eigenvalue weighted by molar-refractivity contribution is 5.87. The predicted molar refractivity (Wildman–Crippen MR) is 96.3 cm³/mol. The summed E-state index contributed by atoms with van der Waals surface area (Å²) < 4.78 is 10.6. The van der Waals surface area contributed by atoms with E-state index in [1.165, 1.54) is 0 Å². The molecule has 1 saturated heterocycles. The van der Waals surface area contributed by atoms with Crippen LogP contribution < -0.4 is 5.32 Å². The summed E-state index contributed by atoms with van der Waals surface area (Å²) in [7, 11) is 0. The molecule has 27 heavy (non-hydrogen) atoms. The third-order valence-corrected chi connectivity index (χ3v) is 5.55. The fourth-order valence-corrected chi connectivity index (χ4v) is 4.13. The Labute approximate surface area is 157 Å². The topological polar surface area (TPSA) is 94.3 Å². The van der Waals surface area contributed by atoms with Gasteiger partial charge in [0.2, 0.25) is 17.6 Å². The molecular formula is C20H23N3O4. The van der Waals surface area contributed by atoms with Gasteiger partial charge in [0.15, 0.2) is 0 Å². The van der Waals surface area contributed by atoms with Crippen molar-refractivity contribution in [3.8, 4) is 11.4 Å². The molecular weight excluding hydrogens is 346 g/mol. The van der Waals surface area contributed by atoms with Crippen LogP contribution in [0.4, 0.5) is 0 Å². The van der Waals surface area contributed by atoms with Gasteiger partial charge >= 0.3 is 5.97 Å². The first-order chi connectivity index (χ1) is 13.1. The van der Waals surface area contributed by atoms with Crippen LogP contribution in [0.5, 0.6) is 0 Å². The lowest BCUT2D eigenvalue weighted by Gasteiger charge is -2.36. The van der Waals surface area contributed by atoms with Crippen LogP contribution in [0.3, 0.4) is 0 Å². The molecule has 1 spiro atoms. The lowest BCUT2D eigenvalue weighted by Crippen LogP contribution is -2.45. The maximum absolute atomic E-state index is 12.8. The number of hydrogen-bond acceptors (Lipinski definition) is 6. The van der Waals surface area contributed by atoms with Crippen molar-refractivity contribution in [1.29, 1.82) is 0 Å². The van der Waals surface area contributed by atoms with E-state index in [2.05, 4.69) is 15.5 Å². The molecule has 0 radical (unpaired) electrons. The number of aryl methyl sites for hydroxylation is 1. The molecule has 1 aliphatic heterocycles. The summed E-state index contributed by atoms with van der Waals surface area (Å²) in [5.74, 6) is 0.333. The molecule has 1 atom stereocenters. The van der Waals surface area contributed by atoms with Gasteiger partial charge in [0.05, 0.1) is 12.3 Å². The number of rotatable bonds is 4. The Bertz CT molecular complexity index is 837. The lowest BCUT2D eigenvalue weighted by atomic mass is 9.75. The van der Waals surface area contributed by atoms with Crippen molar-refractivity contribution in [2.24, 2.45) is 5.92 Å². The minimum Gasteiger partial charge on any atom is -0.458 e. The van der Waals surface area contributed by atoms with Crippen molar-refractivity contribution in [1.82, 2.24) is 15.5 Å². The number of ether oxygens (including phenoxy) is 1. The molecule has 1 aromatic heterocycles. The third-order valence-electron chi connectivity index (χ3n) is 5.55. The fraction of sp³-hybridized carbons (Fsp3) is 0.500. The highest BCUT2D eigenvalue weighted by Gasteiger charge is 2.52. The minimum atomic E-state index is -0.584. The normalized spacial score (nSPS) is 21.2. The van der Waals surface area contributed by atoms with Crippen LogP contribution in [-0.2, 0) is 20.9 Å². The third kappa shape index (κ3) is 3.59. The second-order valence-corrected chi connectivity index (χ2v) is 7.41. The van der Waals surface area contributed by atoms with E-state index in [9.17, 15) is 9.59 Å². The van der Waals surface area contributed by atoms with E-state index in [0.717, 1.165) is 43.2 Å². The largest absolute Gasteiger partial charge is 0.458 e. The number of carbonyl (C=O) groups excluding carboxylic acids is 2. The highest BCUT2D eigenvalue weighted by atomic mass is 16.6. The number of carbonyl (C=O) groups is 2. The number of nitrogens with one attached hydrogen (secondary N) is 1. The van der Waals surface area contributed by atoms with Gasteiger partial charge in [-0.25, -0.2) is 0 Å². The van der Waals surface area contributed by atoms with Crippen molar-refractivity contribution < 1.29 is 18.8 Å². The van der Waals surface area contributed by atoms with Crippen LogP contribution in [0.2, 0.25) is 0 Å². The van der Waals surface area contributed by atoms with E-state index in [1.54, 1.807) is 6.92 Å². The summed E-state index contributed by atoms with van der Waals surface area (Å²) in [6.07, 6.45) is 4.91. The smallest absolute Gasteiger partial charge is 0.307 e. The number of aromatic nitrogens is 2. The molecule has 1 amide bonds. The van der Waals surface area contributed by atoms with E-state index >= 15 is 0 Å². The summed E-state index contributed by atoms with van der Waals surface area (Å²) in [4.78, 5) is 28.8.